The van der Waals surface area contributed by atoms with E-state index < -0.39 is 0 Å². The van der Waals surface area contributed by atoms with Gasteiger partial charge in [0.25, 0.3) is 11.8 Å². The van der Waals surface area contributed by atoms with E-state index in [1.807, 2.05) is 48.9 Å². The molecule has 4 fully saturated rings. The summed E-state index contributed by atoms with van der Waals surface area (Å²) in [4.78, 5) is 27.8. The Balaban J connectivity index is 1.32. The molecule has 8 heteroatoms. The lowest BCUT2D eigenvalue weighted by Gasteiger charge is -2.55. The highest BCUT2D eigenvalue weighted by atomic mass is 16.2. The van der Waals surface area contributed by atoms with Crippen LogP contribution in [0.1, 0.15) is 91.5 Å². The van der Waals surface area contributed by atoms with E-state index in [0.29, 0.717) is 30.0 Å². The number of carbonyl (C=O) groups excluding carboxylic acids is 2. The molecule has 0 spiro atoms. The van der Waals surface area contributed by atoms with Crippen molar-refractivity contribution in [2.75, 3.05) is 0 Å². The Hall–Kier alpha value is -3.29. The van der Waals surface area contributed by atoms with Crippen molar-refractivity contribution in [1.82, 2.24) is 30.1 Å². The van der Waals surface area contributed by atoms with Crippen molar-refractivity contribution >= 4 is 11.8 Å². The first-order chi connectivity index (χ1) is 18.1. The van der Waals surface area contributed by atoms with Gasteiger partial charge in [-0.3, -0.25) is 14.3 Å². The van der Waals surface area contributed by atoms with Gasteiger partial charge in [0.15, 0.2) is 5.69 Å². The van der Waals surface area contributed by atoms with Gasteiger partial charge in [0.05, 0.1) is 16.6 Å². The molecule has 4 aliphatic rings. The average molecular weight is 515 g/mol. The first-order valence-electron chi connectivity index (χ1n) is 14.0. The zero-order chi connectivity index (χ0) is 26.8. The second kappa shape index (κ2) is 8.89. The highest BCUT2D eigenvalue weighted by Crippen LogP contribution is 2.60. The Labute approximate surface area is 224 Å². The molecule has 0 aliphatic heterocycles. The van der Waals surface area contributed by atoms with Crippen molar-refractivity contribution in [3.05, 3.63) is 53.0 Å². The molecule has 1 amide bonds. The van der Waals surface area contributed by atoms with Gasteiger partial charge in [0, 0.05) is 23.4 Å². The Morgan fingerprint density at radius 3 is 2.16 bits per heavy atom. The number of nitrogens with one attached hydrogen (secondary N) is 1. The number of aromatic nitrogens is 5. The van der Waals surface area contributed by atoms with Crippen LogP contribution in [-0.2, 0) is 12.1 Å². The number of hydrogen-bond acceptors (Lipinski definition) is 5. The quantitative estimate of drug-likeness (QED) is 0.499. The molecule has 7 rings (SSSR count). The molecule has 2 aromatic heterocycles. The summed E-state index contributed by atoms with van der Waals surface area (Å²) in [5.41, 5.74) is 3.82. The minimum absolute atomic E-state index is 0.0140. The first-order valence-corrected chi connectivity index (χ1v) is 14.0. The maximum Gasteiger partial charge on any atom is 0.274 e. The molecule has 38 heavy (non-hydrogen) atoms. The van der Waals surface area contributed by atoms with Gasteiger partial charge in [0.2, 0.25) is 0 Å². The molecule has 4 aliphatic carbocycles. The number of nitrogens with zero attached hydrogens (tertiary/aromatic N) is 5. The van der Waals surface area contributed by atoms with Crippen LogP contribution in [0.2, 0.25) is 0 Å². The van der Waals surface area contributed by atoms with Gasteiger partial charge < -0.3 is 5.32 Å². The third kappa shape index (κ3) is 4.09. The topological polar surface area (TPSA) is 94.7 Å². The van der Waals surface area contributed by atoms with E-state index in [1.165, 1.54) is 23.9 Å². The summed E-state index contributed by atoms with van der Waals surface area (Å²) < 4.78 is 3.45. The Morgan fingerprint density at radius 1 is 1.00 bits per heavy atom. The van der Waals surface area contributed by atoms with Gasteiger partial charge >= 0.3 is 0 Å². The molecule has 1 N–H and O–H groups in total. The lowest BCUT2D eigenvalue weighted by molar-refractivity contribution is -0.0408. The molecular formula is C30H38N6O2. The smallest absolute Gasteiger partial charge is 0.274 e. The minimum Gasteiger partial charge on any atom is -0.346 e. The van der Waals surface area contributed by atoms with Crippen molar-refractivity contribution in [1.29, 1.82) is 0 Å². The van der Waals surface area contributed by atoms with E-state index in [9.17, 15) is 9.59 Å². The standard InChI is InChI=1S/C30H38N6O2/c1-18-24(19(2)36(33-18)29(3,4)5)17-31-27(37)25-26(23-9-7-6-8-10-23)35(34-32-25)28(38)30-14-20-11-21(15-30)13-22(12-20)16-30/h6-10,20-22H,11-17H2,1-5H3,(H,31,37)/t20-,21+,22?,30-. The molecule has 8 nitrogen and oxygen atoms in total. The number of aryl methyl sites for hydroxylation is 1. The van der Waals surface area contributed by atoms with Crippen LogP contribution in [0.25, 0.3) is 11.3 Å². The van der Waals surface area contributed by atoms with Crippen molar-refractivity contribution in [3.8, 4) is 11.3 Å². The zero-order valence-electron chi connectivity index (χ0n) is 23.1. The zero-order valence-corrected chi connectivity index (χ0v) is 23.1. The van der Waals surface area contributed by atoms with E-state index in [0.717, 1.165) is 41.8 Å². The lowest BCUT2D eigenvalue weighted by atomic mass is 9.49. The summed E-state index contributed by atoms with van der Waals surface area (Å²) in [5, 5.41) is 16.4. The molecule has 2 heterocycles. The van der Waals surface area contributed by atoms with Crippen LogP contribution in [0.4, 0.5) is 0 Å². The largest absolute Gasteiger partial charge is 0.346 e. The van der Waals surface area contributed by atoms with Crippen LogP contribution in [0, 0.1) is 37.0 Å². The summed E-state index contributed by atoms with van der Waals surface area (Å²) >= 11 is 0. The summed E-state index contributed by atoms with van der Waals surface area (Å²) in [7, 11) is 0. The molecule has 1 aromatic carbocycles. The van der Waals surface area contributed by atoms with Gasteiger partial charge in [-0.15, -0.1) is 5.10 Å². The summed E-state index contributed by atoms with van der Waals surface area (Å²) in [6.45, 7) is 10.7. The number of carbonyl (C=O) groups is 2. The molecule has 0 unspecified atom stereocenters. The Kier molecular flexibility index (Phi) is 5.85. The molecular weight excluding hydrogens is 476 g/mol. The lowest BCUT2D eigenvalue weighted by Crippen LogP contribution is -2.51. The van der Waals surface area contributed by atoms with Crippen LogP contribution >= 0.6 is 0 Å². The van der Waals surface area contributed by atoms with Gasteiger partial charge in [-0.05, 0) is 90.9 Å². The average Bonchev–Trinajstić information content (AvgIpc) is 3.43. The van der Waals surface area contributed by atoms with E-state index >= 15 is 0 Å². The fraction of sp³-hybridized carbons (Fsp3) is 0.567. The monoisotopic (exact) mass is 514 g/mol. The molecule has 0 radical (unpaired) electrons. The number of benzene rings is 1. The summed E-state index contributed by atoms with van der Waals surface area (Å²) in [6, 6.07) is 9.59. The Bertz CT molecular complexity index is 1360. The second-order valence-electron chi connectivity index (χ2n) is 13.0. The van der Waals surface area contributed by atoms with Crippen LogP contribution in [0.15, 0.2) is 30.3 Å². The molecule has 0 atom stereocenters. The fourth-order valence-corrected chi connectivity index (χ4v) is 7.87. The van der Waals surface area contributed by atoms with Crippen LogP contribution in [-0.4, -0.2) is 36.6 Å². The van der Waals surface area contributed by atoms with Gasteiger partial charge in [-0.2, -0.15) is 9.78 Å². The van der Waals surface area contributed by atoms with Crippen molar-refractivity contribution in [3.63, 3.8) is 0 Å². The Morgan fingerprint density at radius 2 is 1.61 bits per heavy atom. The molecule has 4 bridgehead atoms. The van der Waals surface area contributed by atoms with Gasteiger partial charge in [-0.1, -0.05) is 35.5 Å². The highest BCUT2D eigenvalue weighted by molar-refractivity contribution is 6.00. The van der Waals surface area contributed by atoms with E-state index in [2.05, 4.69) is 36.4 Å². The highest BCUT2D eigenvalue weighted by Gasteiger charge is 2.55. The van der Waals surface area contributed by atoms with E-state index in [-0.39, 0.29) is 28.5 Å². The minimum atomic E-state index is -0.379. The second-order valence-corrected chi connectivity index (χ2v) is 13.0. The van der Waals surface area contributed by atoms with Gasteiger partial charge in [0.1, 0.15) is 5.69 Å². The van der Waals surface area contributed by atoms with Crippen LogP contribution < -0.4 is 5.32 Å². The molecule has 0 saturated heterocycles. The van der Waals surface area contributed by atoms with Crippen molar-refractivity contribution in [2.24, 2.45) is 23.2 Å². The predicted octanol–water partition coefficient (Wildman–Crippen LogP) is 5.30. The molecule has 4 saturated carbocycles. The maximum atomic E-state index is 14.2. The van der Waals surface area contributed by atoms with Gasteiger partial charge in [-0.25, -0.2) is 0 Å². The SMILES string of the molecule is Cc1nn(C(C)(C)C)c(C)c1CNC(=O)c1nnn(C(=O)[C@]23CC4C[C@H](C[C@H](C4)C2)C3)c1-c1ccccc1. The third-order valence-electron chi connectivity index (χ3n) is 9.12. The van der Waals surface area contributed by atoms with E-state index in [4.69, 9.17) is 5.10 Å². The summed E-state index contributed by atoms with van der Waals surface area (Å²) in [5.74, 6) is 1.59. The van der Waals surface area contributed by atoms with Crippen molar-refractivity contribution in [2.45, 2.75) is 85.2 Å². The fourth-order valence-electron chi connectivity index (χ4n) is 7.87. The summed E-state index contributed by atoms with van der Waals surface area (Å²) in [6.07, 6.45) is 6.58. The number of amides is 1. The van der Waals surface area contributed by atoms with Crippen molar-refractivity contribution < 1.29 is 9.59 Å². The van der Waals surface area contributed by atoms with Crippen LogP contribution in [0.5, 0.6) is 0 Å². The maximum absolute atomic E-state index is 14.2. The normalized spacial score (nSPS) is 26.1. The van der Waals surface area contributed by atoms with Crippen LogP contribution in [0.3, 0.4) is 0 Å². The molecule has 200 valence electrons. The predicted molar refractivity (Wildman–Crippen MR) is 145 cm³/mol. The third-order valence-corrected chi connectivity index (χ3v) is 9.12. The first kappa shape index (κ1) is 25.0. The number of rotatable bonds is 5. The van der Waals surface area contributed by atoms with E-state index in [1.54, 1.807) is 0 Å². The number of hydrogen-bond donors (Lipinski definition) is 1. The molecule has 3 aromatic rings.